The van der Waals surface area contributed by atoms with Crippen molar-refractivity contribution in [2.45, 2.75) is 18.9 Å². The lowest BCUT2D eigenvalue weighted by Crippen LogP contribution is -2.30. The number of thiophene rings is 2. The van der Waals surface area contributed by atoms with E-state index in [-0.39, 0.29) is 11.9 Å². The fourth-order valence-corrected chi connectivity index (χ4v) is 5.95. The molecule has 3 heterocycles. The van der Waals surface area contributed by atoms with Crippen LogP contribution >= 0.6 is 54.5 Å². The molecule has 3 rings (SSSR count). The van der Waals surface area contributed by atoms with Gasteiger partial charge in [0.1, 0.15) is 0 Å². The van der Waals surface area contributed by atoms with Crippen LogP contribution in [0.2, 0.25) is 0 Å². The molecule has 0 aromatic carbocycles. The fourth-order valence-electron chi connectivity index (χ4n) is 2.46. The molecule has 1 aliphatic heterocycles. The summed E-state index contributed by atoms with van der Waals surface area (Å²) < 4.78 is 1.88. The lowest BCUT2D eigenvalue weighted by molar-refractivity contribution is 0.0735. The van der Waals surface area contributed by atoms with E-state index in [4.69, 9.17) is 0 Å². The molecule has 1 atom stereocenters. The predicted molar refractivity (Wildman–Crippen MR) is 87.0 cm³/mol. The first kappa shape index (κ1) is 13.8. The van der Waals surface area contributed by atoms with Crippen molar-refractivity contribution in [1.82, 2.24) is 4.90 Å². The zero-order valence-corrected chi connectivity index (χ0v) is 14.7. The highest BCUT2D eigenvalue weighted by Gasteiger charge is 2.32. The Balaban J connectivity index is 1.89. The molecule has 1 aliphatic rings. The fraction of sp³-hybridized carbons (Fsp3) is 0.308. The van der Waals surface area contributed by atoms with Crippen molar-refractivity contribution in [2.75, 3.05) is 6.54 Å². The minimum atomic E-state index is 0.127. The molecular weight excluding hydrogens is 410 g/mol. The second-order valence-electron chi connectivity index (χ2n) is 4.45. The van der Waals surface area contributed by atoms with Gasteiger partial charge >= 0.3 is 0 Å². The Morgan fingerprint density at radius 3 is 2.89 bits per heavy atom. The van der Waals surface area contributed by atoms with E-state index in [1.807, 2.05) is 11.0 Å². The van der Waals surface area contributed by atoms with Crippen molar-refractivity contribution in [3.05, 3.63) is 41.6 Å². The van der Waals surface area contributed by atoms with Crippen LogP contribution in [0.5, 0.6) is 0 Å². The molecule has 1 unspecified atom stereocenters. The van der Waals surface area contributed by atoms with E-state index < -0.39 is 0 Å². The average molecular weight is 421 g/mol. The van der Waals surface area contributed by atoms with Crippen LogP contribution < -0.4 is 0 Å². The summed E-state index contributed by atoms with van der Waals surface area (Å²) in [6.45, 7) is 0.846. The zero-order chi connectivity index (χ0) is 13.4. The van der Waals surface area contributed by atoms with Crippen molar-refractivity contribution in [1.29, 1.82) is 0 Å². The van der Waals surface area contributed by atoms with Gasteiger partial charge in [-0.3, -0.25) is 4.79 Å². The van der Waals surface area contributed by atoms with Gasteiger partial charge in [0.25, 0.3) is 5.91 Å². The van der Waals surface area contributed by atoms with E-state index in [2.05, 4.69) is 48.7 Å². The highest BCUT2D eigenvalue weighted by molar-refractivity contribution is 9.12. The smallest absolute Gasteiger partial charge is 0.256 e. The number of hydrogen-bond acceptors (Lipinski definition) is 3. The van der Waals surface area contributed by atoms with E-state index in [1.165, 1.54) is 5.56 Å². The molecule has 1 saturated heterocycles. The van der Waals surface area contributed by atoms with Crippen molar-refractivity contribution in [2.24, 2.45) is 0 Å². The molecule has 2 nitrogen and oxygen atoms in total. The van der Waals surface area contributed by atoms with Crippen LogP contribution in [0.3, 0.4) is 0 Å². The lowest BCUT2D eigenvalue weighted by Gasteiger charge is -2.24. The Kier molecular flexibility index (Phi) is 4.12. The van der Waals surface area contributed by atoms with E-state index in [0.717, 1.165) is 32.5 Å². The highest BCUT2D eigenvalue weighted by atomic mass is 79.9. The highest BCUT2D eigenvalue weighted by Crippen LogP contribution is 2.38. The molecule has 0 aliphatic carbocycles. The van der Waals surface area contributed by atoms with Gasteiger partial charge in [-0.05, 0) is 73.2 Å². The maximum absolute atomic E-state index is 12.7. The summed E-state index contributed by atoms with van der Waals surface area (Å²) in [5.41, 5.74) is 2.03. The molecule has 0 radical (unpaired) electrons. The number of rotatable bonds is 2. The van der Waals surface area contributed by atoms with Gasteiger partial charge in [0, 0.05) is 6.54 Å². The van der Waals surface area contributed by atoms with Gasteiger partial charge in [-0.1, -0.05) is 0 Å². The number of hydrogen-bond donors (Lipinski definition) is 0. The largest absolute Gasteiger partial charge is 0.332 e. The van der Waals surface area contributed by atoms with Crippen LogP contribution in [0.1, 0.15) is 34.8 Å². The van der Waals surface area contributed by atoms with Crippen LogP contribution in [0.15, 0.2) is 30.5 Å². The zero-order valence-electron chi connectivity index (χ0n) is 9.94. The summed E-state index contributed by atoms with van der Waals surface area (Å²) in [5, 5.41) is 4.22. The molecule has 0 saturated carbocycles. The maximum atomic E-state index is 12.7. The van der Waals surface area contributed by atoms with Gasteiger partial charge in [-0.2, -0.15) is 11.3 Å². The first-order chi connectivity index (χ1) is 9.16. The molecule has 19 heavy (non-hydrogen) atoms. The monoisotopic (exact) mass is 419 g/mol. The number of amides is 1. The van der Waals surface area contributed by atoms with E-state index >= 15 is 0 Å². The summed E-state index contributed by atoms with van der Waals surface area (Å²) in [4.78, 5) is 14.7. The van der Waals surface area contributed by atoms with Crippen LogP contribution in [0.25, 0.3) is 0 Å². The van der Waals surface area contributed by atoms with Crippen LogP contribution in [0.4, 0.5) is 0 Å². The first-order valence-corrected chi connectivity index (χ1v) is 9.29. The van der Waals surface area contributed by atoms with E-state index in [9.17, 15) is 4.79 Å². The summed E-state index contributed by atoms with van der Waals surface area (Å²) in [7, 11) is 0. The Labute approximate surface area is 136 Å². The number of carbonyl (C=O) groups excluding carboxylic acids is 1. The number of halogens is 2. The molecule has 1 amide bonds. The number of carbonyl (C=O) groups is 1. The van der Waals surface area contributed by atoms with Gasteiger partial charge < -0.3 is 4.90 Å². The molecule has 2 aromatic heterocycles. The van der Waals surface area contributed by atoms with Gasteiger partial charge in [0.2, 0.25) is 0 Å². The van der Waals surface area contributed by atoms with Gasteiger partial charge in [-0.25, -0.2) is 0 Å². The van der Waals surface area contributed by atoms with Crippen LogP contribution in [-0.4, -0.2) is 17.4 Å². The number of nitrogens with zero attached hydrogens (tertiary/aromatic N) is 1. The molecule has 6 heteroatoms. The van der Waals surface area contributed by atoms with Crippen molar-refractivity contribution < 1.29 is 4.79 Å². The second kappa shape index (κ2) is 5.68. The number of likely N-dealkylation sites (tertiary alicyclic amines) is 1. The van der Waals surface area contributed by atoms with Gasteiger partial charge in [-0.15, -0.1) is 11.3 Å². The third kappa shape index (κ3) is 2.68. The van der Waals surface area contributed by atoms with Crippen molar-refractivity contribution in [3.8, 4) is 0 Å². The standard InChI is InChI=1S/C13H11Br2NOS2/c14-11-6-9(12(15)19-11)13(17)16-4-1-2-10(16)8-3-5-18-7-8/h3,5-7,10H,1-2,4H2. The second-order valence-corrected chi connectivity index (χ2v) is 8.98. The molecule has 0 N–H and O–H groups in total. The Morgan fingerprint density at radius 1 is 1.42 bits per heavy atom. The lowest BCUT2D eigenvalue weighted by atomic mass is 10.1. The first-order valence-electron chi connectivity index (χ1n) is 5.94. The molecule has 100 valence electrons. The molecule has 1 fully saturated rings. The van der Waals surface area contributed by atoms with Gasteiger partial charge in [0.15, 0.2) is 0 Å². The van der Waals surface area contributed by atoms with E-state index in [0.29, 0.717) is 0 Å². The molecule has 0 spiro atoms. The van der Waals surface area contributed by atoms with Crippen molar-refractivity contribution in [3.63, 3.8) is 0 Å². The maximum Gasteiger partial charge on any atom is 0.256 e. The minimum Gasteiger partial charge on any atom is -0.332 e. The summed E-state index contributed by atoms with van der Waals surface area (Å²) in [6, 6.07) is 4.27. The average Bonchev–Trinajstić information content (AvgIpc) is 3.06. The summed E-state index contributed by atoms with van der Waals surface area (Å²) in [5.74, 6) is 0.127. The minimum absolute atomic E-state index is 0.127. The third-order valence-corrected chi connectivity index (χ3v) is 6.37. The normalized spacial score (nSPS) is 19.1. The van der Waals surface area contributed by atoms with Gasteiger partial charge in [0.05, 0.1) is 19.2 Å². The Morgan fingerprint density at radius 2 is 2.26 bits per heavy atom. The SMILES string of the molecule is O=C(c1cc(Br)sc1Br)N1CCCC1c1ccsc1. The summed E-state index contributed by atoms with van der Waals surface area (Å²) in [6.07, 6.45) is 2.14. The van der Waals surface area contributed by atoms with Crippen LogP contribution in [-0.2, 0) is 0 Å². The van der Waals surface area contributed by atoms with Crippen molar-refractivity contribution >= 4 is 60.4 Å². The quantitative estimate of drug-likeness (QED) is 0.644. The Bertz CT molecular complexity index is 594. The summed E-state index contributed by atoms with van der Waals surface area (Å²) >= 11 is 10.1. The third-order valence-electron chi connectivity index (χ3n) is 3.33. The Hall–Kier alpha value is -0.170. The van der Waals surface area contributed by atoms with Crippen LogP contribution in [0, 0.1) is 0 Å². The molecule has 0 bridgehead atoms. The predicted octanol–water partition coefficient (Wildman–Crippen LogP) is 5.31. The molecular formula is C13H11Br2NOS2. The van der Waals surface area contributed by atoms with E-state index in [1.54, 1.807) is 22.7 Å². The molecule has 2 aromatic rings. The topological polar surface area (TPSA) is 20.3 Å².